The number of thiophene rings is 1. The van der Waals surface area contributed by atoms with Crippen molar-refractivity contribution in [1.82, 2.24) is 4.98 Å². The largest absolute Gasteiger partial charge is 0.308 e. The van der Waals surface area contributed by atoms with Crippen LogP contribution in [0.25, 0.3) is 0 Å². The number of rotatable bonds is 4. The van der Waals surface area contributed by atoms with Gasteiger partial charge in [-0.25, -0.2) is 9.37 Å². The summed E-state index contributed by atoms with van der Waals surface area (Å²) in [4.78, 5) is 16.4. The van der Waals surface area contributed by atoms with E-state index in [9.17, 15) is 9.18 Å². The Labute approximate surface area is 102 Å². The maximum atomic E-state index is 13.2. The number of carbonyl (C=O) groups excluding carboxylic acids is 1. The van der Waals surface area contributed by atoms with Crippen LogP contribution < -0.4 is 5.32 Å². The minimum Gasteiger partial charge on any atom is -0.308 e. The van der Waals surface area contributed by atoms with Gasteiger partial charge in [-0.05, 0) is 30.0 Å². The van der Waals surface area contributed by atoms with Crippen LogP contribution in [0.1, 0.15) is 11.3 Å². The lowest BCUT2D eigenvalue weighted by Gasteiger charge is -2.04. The highest BCUT2D eigenvalue weighted by molar-refractivity contribution is 7.09. The molecule has 2 aromatic rings. The Kier molecular flexibility index (Phi) is 3.82. The van der Waals surface area contributed by atoms with Gasteiger partial charge in [-0.15, -0.1) is 11.3 Å². The highest BCUT2D eigenvalue weighted by Crippen LogP contribution is 2.12. The van der Waals surface area contributed by atoms with Crippen molar-refractivity contribution in [2.24, 2.45) is 0 Å². The Balaban J connectivity index is 1.87. The van der Waals surface area contributed by atoms with Crippen molar-refractivity contribution < 1.29 is 9.18 Å². The van der Waals surface area contributed by atoms with Gasteiger partial charge in [0.15, 0.2) is 11.6 Å². The predicted molar refractivity (Wildman–Crippen MR) is 65.5 cm³/mol. The van der Waals surface area contributed by atoms with Crippen molar-refractivity contribution in [2.75, 3.05) is 5.32 Å². The lowest BCUT2D eigenvalue weighted by atomic mass is 10.2. The van der Waals surface area contributed by atoms with E-state index in [0.29, 0.717) is 12.8 Å². The van der Waals surface area contributed by atoms with E-state index >= 15 is 0 Å². The fraction of sp³-hybridized carbons (Fsp3) is 0.167. The molecule has 0 aliphatic carbocycles. The molecule has 0 aromatic carbocycles. The summed E-state index contributed by atoms with van der Waals surface area (Å²) in [6.07, 6.45) is 2.44. The van der Waals surface area contributed by atoms with Crippen LogP contribution in [0.3, 0.4) is 0 Å². The lowest BCUT2D eigenvalue weighted by molar-refractivity contribution is -0.116. The van der Waals surface area contributed by atoms with Crippen molar-refractivity contribution in [2.45, 2.75) is 12.8 Å². The lowest BCUT2D eigenvalue weighted by Crippen LogP contribution is -2.14. The summed E-state index contributed by atoms with van der Waals surface area (Å²) >= 11 is 1.60. The molecular formula is C12H11FN2OS. The van der Waals surface area contributed by atoms with Crippen LogP contribution >= 0.6 is 11.3 Å². The number of aryl methyl sites for hydroxylation is 1. The molecule has 2 heterocycles. The van der Waals surface area contributed by atoms with E-state index in [1.165, 1.54) is 18.3 Å². The van der Waals surface area contributed by atoms with E-state index in [2.05, 4.69) is 10.3 Å². The second-order valence-electron chi connectivity index (χ2n) is 3.46. The highest BCUT2D eigenvalue weighted by atomic mass is 32.1. The maximum absolute atomic E-state index is 13.2. The van der Waals surface area contributed by atoms with E-state index < -0.39 is 5.82 Å². The predicted octanol–water partition coefficient (Wildman–Crippen LogP) is 2.85. The number of pyridine rings is 1. The smallest absolute Gasteiger partial charge is 0.225 e. The van der Waals surface area contributed by atoms with Gasteiger partial charge in [0.05, 0.1) is 0 Å². The molecule has 0 atom stereocenters. The Morgan fingerprint density at radius 1 is 1.41 bits per heavy atom. The van der Waals surface area contributed by atoms with E-state index in [4.69, 9.17) is 0 Å². The molecule has 2 rings (SSSR count). The molecule has 17 heavy (non-hydrogen) atoms. The number of hydrogen-bond acceptors (Lipinski definition) is 3. The number of carbonyl (C=O) groups is 1. The molecule has 0 aliphatic rings. The van der Waals surface area contributed by atoms with Gasteiger partial charge < -0.3 is 5.32 Å². The van der Waals surface area contributed by atoms with Gasteiger partial charge in [-0.2, -0.15) is 0 Å². The monoisotopic (exact) mass is 250 g/mol. The molecule has 5 heteroatoms. The molecule has 0 aliphatic heterocycles. The summed E-state index contributed by atoms with van der Waals surface area (Å²) in [6.45, 7) is 0. The van der Waals surface area contributed by atoms with Crippen LogP contribution in [0, 0.1) is 5.82 Å². The van der Waals surface area contributed by atoms with Gasteiger partial charge in [-0.3, -0.25) is 4.79 Å². The number of amides is 1. The summed E-state index contributed by atoms with van der Waals surface area (Å²) in [5.41, 5.74) is 0. The van der Waals surface area contributed by atoms with Gasteiger partial charge in [0, 0.05) is 17.5 Å². The topological polar surface area (TPSA) is 42.0 Å². The van der Waals surface area contributed by atoms with Gasteiger partial charge in [0.2, 0.25) is 5.91 Å². The summed E-state index contributed by atoms with van der Waals surface area (Å²) < 4.78 is 13.2. The second-order valence-corrected chi connectivity index (χ2v) is 4.49. The van der Waals surface area contributed by atoms with Crippen LogP contribution in [0.4, 0.5) is 10.2 Å². The molecule has 0 bridgehead atoms. The van der Waals surface area contributed by atoms with E-state index in [1.54, 1.807) is 11.3 Å². The van der Waals surface area contributed by atoms with Crippen LogP contribution in [0.2, 0.25) is 0 Å². The third-order valence-electron chi connectivity index (χ3n) is 2.19. The molecule has 0 spiro atoms. The molecule has 0 unspecified atom stereocenters. The molecule has 1 amide bonds. The second kappa shape index (κ2) is 5.54. The summed E-state index contributed by atoms with van der Waals surface area (Å²) in [6, 6.07) is 6.66. The Morgan fingerprint density at radius 3 is 3.00 bits per heavy atom. The van der Waals surface area contributed by atoms with Gasteiger partial charge in [-0.1, -0.05) is 6.07 Å². The average molecular weight is 250 g/mol. The van der Waals surface area contributed by atoms with Crippen molar-refractivity contribution in [3.05, 3.63) is 46.5 Å². The number of nitrogens with zero attached hydrogens (tertiary/aromatic N) is 1. The first-order valence-electron chi connectivity index (χ1n) is 5.18. The fourth-order valence-electron chi connectivity index (χ4n) is 1.36. The molecule has 0 fully saturated rings. The SMILES string of the molecule is O=C(CCc1cccs1)Nc1ncccc1F. The molecule has 0 saturated heterocycles. The zero-order chi connectivity index (χ0) is 12.1. The van der Waals surface area contributed by atoms with Crippen molar-refractivity contribution in [1.29, 1.82) is 0 Å². The molecule has 1 N–H and O–H groups in total. The normalized spacial score (nSPS) is 10.2. The van der Waals surface area contributed by atoms with E-state index in [0.717, 1.165) is 4.88 Å². The maximum Gasteiger partial charge on any atom is 0.225 e. The zero-order valence-electron chi connectivity index (χ0n) is 9.02. The minimum atomic E-state index is -0.517. The van der Waals surface area contributed by atoms with Gasteiger partial charge >= 0.3 is 0 Å². The molecule has 0 saturated carbocycles. The van der Waals surface area contributed by atoms with Crippen LogP contribution in [0.15, 0.2) is 35.8 Å². The number of aromatic nitrogens is 1. The van der Waals surface area contributed by atoms with Crippen LogP contribution in [0.5, 0.6) is 0 Å². The van der Waals surface area contributed by atoms with Crippen molar-refractivity contribution in [3.8, 4) is 0 Å². The first-order chi connectivity index (χ1) is 8.25. The Bertz CT molecular complexity index is 499. The molecule has 88 valence electrons. The summed E-state index contributed by atoms with van der Waals surface area (Å²) in [5, 5.41) is 4.42. The van der Waals surface area contributed by atoms with Crippen molar-refractivity contribution >= 4 is 23.1 Å². The average Bonchev–Trinajstić information content (AvgIpc) is 2.82. The van der Waals surface area contributed by atoms with Crippen LogP contribution in [-0.2, 0) is 11.2 Å². The number of nitrogens with one attached hydrogen (secondary N) is 1. The van der Waals surface area contributed by atoms with Crippen molar-refractivity contribution in [3.63, 3.8) is 0 Å². The van der Waals surface area contributed by atoms with Gasteiger partial charge in [0.1, 0.15) is 0 Å². The Hall–Kier alpha value is -1.75. The standard InChI is InChI=1S/C12H11FN2OS/c13-10-4-1-7-14-12(10)15-11(16)6-5-9-3-2-8-17-9/h1-4,7-8H,5-6H2,(H,14,15,16). The first kappa shape index (κ1) is 11.7. The van der Waals surface area contributed by atoms with E-state index in [-0.39, 0.29) is 11.7 Å². The number of hydrogen-bond donors (Lipinski definition) is 1. The van der Waals surface area contributed by atoms with Crippen LogP contribution in [-0.4, -0.2) is 10.9 Å². The fourth-order valence-corrected chi connectivity index (χ4v) is 2.07. The van der Waals surface area contributed by atoms with E-state index in [1.807, 2.05) is 17.5 Å². The minimum absolute atomic E-state index is 0.0105. The first-order valence-corrected chi connectivity index (χ1v) is 6.06. The highest BCUT2D eigenvalue weighted by Gasteiger charge is 2.07. The molecular weight excluding hydrogens is 239 g/mol. The number of anilines is 1. The molecule has 3 nitrogen and oxygen atoms in total. The molecule has 2 aromatic heterocycles. The van der Waals surface area contributed by atoms with Gasteiger partial charge in [0.25, 0.3) is 0 Å². The summed E-state index contributed by atoms with van der Waals surface area (Å²) in [5.74, 6) is -0.753. The quantitative estimate of drug-likeness (QED) is 0.906. The Morgan fingerprint density at radius 2 is 2.29 bits per heavy atom. The third-order valence-corrected chi connectivity index (χ3v) is 3.13. The number of halogens is 1. The summed E-state index contributed by atoms with van der Waals surface area (Å²) in [7, 11) is 0. The molecule has 0 radical (unpaired) electrons. The third kappa shape index (κ3) is 3.35. The zero-order valence-corrected chi connectivity index (χ0v) is 9.84.